The third-order valence-electron chi connectivity index (χ3n) is 2.17. The van der Waals surface area contributed by atoms with Crippen molar-refractivity contribution >= 4 is 11.8 Å². The summed E-state index contributed by atoms with van der Waals surface area (Å²) in [7, 11) is 0. The predicted molar refractivity (Wildman–Crippen MR) is 49.9 cm³/mol. The molecule has 1 fully saturated rings. The van der Waals surface area contributed by atoms with Gasteiger partial charge in [-0.05, 0) is 6.42 Å². The van der Waals surface area contributed by atoms with Gasteiger partial charge in [-0.1, -0.05) is 0 Å². The van der Waals surface area contributed by atoms with Crippen LogP contribution in [0.1, 0.15) is 17.0 Å². The predicted octanol–water partition coefficient (Wildman–Crippen LogP) is -1.23. The maximum absolute atomic E-state index is 11.8. The Balaban J connectivity index is 2.09. The Morgan fingerprint density at radius 1 is 1.53 bits per heavy atom. The molecule has 7 nitrogen and oxygen atoms in total. The first-order chi connectivity index (χ1) is 7.27. The molecule has 1 aromatic rings. The number of rotatable bonds is 1. The van der Waals surface area contributed by atoms with Crippen molar-refractivity contribution in [1.29, 1.82) is 0 Å². The lowest BCUT2D eigenvalue weighted by Gasteiger charge is -2.16. The zero-order valence-electron chi connectivity index (χ0n) is 8.06. The largest absolute Gasteiger partial charge is 0.354 e. The van der Waals surface area contributed by atoms with E-state index in [-0.39, 0.29) is 24.2 Å². The summed E-state index contributed by atoms with van der Waals surface area (Å²) in [5.41, 5.74) is 0. The van der Waals surface area contributed by atoms with Crippen molar-refractivity contribution in [1.82, 2.24) is 25.4 Å². The molecule has 1 aliphatic rings. The fraction of sp³-hybridized carbons (Fsp3) is 0.500. The molecule has 2 heterocycles. The van der Waals surface area contributed by atoms with E-state index in [2.05, 4.69) is 20.5 Å². The second-order valence-corrected chi connectivity index (χ2v) is 3.26. The number of carbonyl (C=O) groups excluding carboxylic acids is 2. The second-order valence-electron chi connectivity index (χ2n) is 3.26. The molecular weight excluding hydrogens is 198 g/mol. The van der Waals surface area contributed by atoms with Crippen molar-refractivity contribution in [2.45, 2.75) is 6.42 Å². The van der Waals surface area contributed by atoms with Crippen LogP contribution in [0.25, 0.3) is 0 Å². The number of nitrogens with zero attached hydrogens (tertiary/aromatic N) is 3. The molecule has 0 spiro atoms. The van der Waals surface area contributed by atoms with E-state index in [4.69, 9.17) is 0 Å². The molecule has 0 aromatic carbocycles. The highest BCUT2D eigenvalue weighted by Gasteiger charge is 2.22. The van der Waals surface area contributed by atoms with Gasteiger partial charge in [0.15, 0.2) is 0 Å². The summed E-state index contributed by atoms with van der Waals surface area (Å²) in [6.07, 6.45) is 2.02. The van der Waals surface area contributed by atoms with Crippen LogP contribution in [-0.2, 0) is 4.79 Å². The molecule has 15 heavy (non-hydrogen) atoms. The van der Waals surface area contributed by atoms with Crippen LogP contribution in [0, 0.1) is 0 Å². The number of amides is 2. The van der Waals surface area contributed by atoms with Gasteiger partial charge in [-0.3, -0.25) is 14.7 Å². The molecule has 2 N–H and O–H groups in total. The Morgan fingerprint density at radius 3 is 3.13 bits per heavy atom. The first kappa shape index (κ1) is 9.63. The quantitative estimate of drug-likeness (QED) is 0.605. The minimum atomic E-state index is -0.287. The van der Waals surface area contributed by atoms with Crippen LogP contribution in [0.15, 0.2) is 6.33 Å². The van der Waals surface area contributed by atoms with Crippen LogP contribution >= 0.6 is 0 Å². The van der Waals surface area contributed by atoms with Gasteiger partial charge in [0.1, 0.15) is 6.33 Å². The van der Waals surface area contributed by atoms with E-state index in [0.29, 0.717) is 13.1 Å². The minimum absolute atomic E-state index is 0.0829. The van der Waals surface area contributed by atoms with Gasteiger partial charge in [0.2, 0.25) is 11.7 Å². The van der Waals surface area contributed by atoms with Gasteiger partial charge in [0.05, 0.1) is 6.54 Å². The Bertz CT molecular complexity index is 361. The molecule has 0 atom stereocenters. The summed E-state index contributed by atoms with van der Waals surface area (Å²) in [6.45, 7) is 1.25. The molecule has 0 bridgehead atoms. The Labute approximate surface area is 85.9 Å². The number of nitrogens with one attached hydrogen (secondary N) is 2. The zero-order valence-corrected chi connectivity index (χ0v) is 8.06. The van der Waals surface area contributed by atoms with Crippen LogP contribution in [0.5, 0.6) is 0 Å². The lowest BCUT2D eigenvalue weighted by Crippen LogP contribution is -2.37. The molecule has 80 valence electrons. The monoisotopic (exact) mass is 209 g/mol. The molecule has 1 saturated heterocycles. The standard InChI is InChI=1S/C8H11N5O2/c14-6-4-13(3-1-2-9-6)8(15)7-10-5-11-12-7/h5H,1-4H2,(H,9,14)(H,10,11,12). The summed E-state index contributed by atoms with van der Waals surface area (Å²) >= 11 is 0. The van der Waals surface area contributed by atoms with Gasteiger partial charge in [0, 0.05) is 13.1 Å². The van der Waals surface area contributed by atoms with Gasteiger partial charge in [-0.25, -0.2) is 4.98 Å². The zero-order chi connectivity index (χ0) is 10.7. The topological polar surface area (TPSA) is 91.0 Å². The molecule has 7 heteroatoms. The van der Waals surface area contributed by atoms with Gasteiger partial charge < -0.3 is 10.2 Å². The number of H-pyrrole nitrogens is 1. The van der Waals surface area contributed by atoms with E-state index in [1.54, 1.807) is 0 Å². The molecule has 0 aliphatic carbocycles. The lowest BCUT2D eigenvalue weighted by atomic mass is 10.3. The van der Waals surface area contributed by atoms with Gasteiger partial charge in [-0.15, -0.1) is 0 Å². The molecule has 1 aliphatic heterocycles. The summed E-state index contributed by atoms with van der Waals surface area (Å²) in [4.78, 5) is 28.2. The van der Waals surface area contributed by atoms with E-state index in [0.717, 1.165) is 6.42 Å². The van der Waals surface area contributed by atoms with Crippen LogP contribution in [0.3, 0.4) is 0 Å². The third kappa shape index (κ3) is 2.12. The third-order valence-corrected chi connectivity index (χ3v) is 2.17. The SMILES string of the molecule is O=C1CN(C(=O)c2ncn[nH]2)CCCN1. The average Bonchev–Trinajstić information content (AvgIpc) is 2.67. The van der Waals surface area contributed by atoms with Gasteiger partial charge in [0.25, 0.3) is 5.91 Å². The Morgan fingerprint density at radius 2 is 2.40 bits per heavy atom. The maximum Gasteiger partial charge on any atom is 0.291 e. The summed E-state index contributed by atoms with van der Waals surface area (Å²) in [5.74, 6) is -0.255. The normalized spacial score (nSPS) is 17.1. The lowest BCUT2D eigenvalue weighted by molar-refractivity contribution is -0.121. The van der Waals surface area contributed by atoms with Crippen molar-refractivity contribution in [2.75, 3.05) is 19.6 Å². The van der Waals surface area contributed by atoms with Crippen molar-refractivity contribution in [3.05, 3.63) is 12.2 Å². The van der Waals surface area contributed by atoms with Crippen LogP contribution < -0.4 is 5.32 Å². The number of aromatic nitrogens is 3. The minimum Gasteiger partial charge on any atom is -0.354 e. The highest BCUT2D eigenvalue weighted by atomic mass is 16.2. The molecule has 1 aromatic heterocycles. The van der Waals surface area contributed by atoms with Gasteiger partial charge in [-0.2, -0.15) is 5.10 Å². The van der Waals surface area contributed by atoms with Gasteiger partial charge >= 0.3 is 0 Å². The van der Waals surface area contributed by atoms with Crippen LogP contribution in [-0.4, -0.2) is 51.5 Å². The highest BCUT2D eigenvalue weighted by molar-refractivity contribution is 5.93. The van der Waals surface area contributed by atoms with Crippen LogP contribution in [0.2, 0.25) is 0 Å². The summed E-state index contributed by atoms with van der Waals surface area (Å²) in [5, 5.41) is 8.78. The molecule has 0 unspecified atom stereocenters. The molecule has 0 saturated carbocycles. The fourth-order valence-corrected chi connectivity index (χ4v) is 1.44. The molecule has 2 amide bonds. The van der Waals surface area contributed by atoms with Crippen molar-refractivity contribution in [2.24, 2.45) is 0 Å². The first-order valence-corrected chi connectivity index (χ1v) is 4.69. The Kier molecular flexibility index (Phi) is 2.61. The summed E-state index contributed by atoms with van der Waals surface area (Å²) in [6, 6.07) is 0. The van der Waals surface area contributed by atoms with E-state index in [1.165, 1.54) is 11.2 Å². The highest BCUT2D eigenvalue weighted by Crippen LogP contribution is 2.01. The van der Waals surface area contributed by atoms with Crippen molar-refractivity contribution in [3.63, 3.8) is 0 Å². The van der Waals surface area contributed by atoms with Crippen molar-refractivity contribution < 1.29 is 9.59 Å². The van der Waals surface area contributed by atoms with E-state index in [1.807, 2.05) is 0 Å². The number of carbonyl (C=O) groups is 2. The maximum atomic E-state index is 11.8. The number of hydrogen-bond donors (Lipinski definition) is 2. The van der Waals surface area contributed by atoms with E-state index in [9.17, 15) is 9.59 Å². The number of hydrogen-bond acceptors (Lipinski definition) is 4. The number of aromatic amines is 1. The first-order valence-electron chi connectivity index (χ1n) is 4.69. The summed E-state index contributed by atoms with van der Waals surface area (Å²) < 4.78 is 0. The van der Waals surface area contributed by atoms with Crippen LogP contribution in [0.4, 0.5) is 0 Å². The Hall–Kier alpha value is -1.92. The smallest absolute Gasteiger partial charge is 0.291 e. The van der Waals surface area contributed by atoms with E-state index < -0.39 is 0 Å². The molecule has 2 rings (SSSR count). The van der Waals surface area contributed by atoms with E-state index >= 15 is 0 Å². The van der Waals surface area contributed by atoms with Crippen molar-refractivity contribution in [3.8, 4) is 0 Å². The molecular formula is C8H11N5O2. The second kappa shape index (κ2) is 4.07. The fourth-order valence-electron chi connectivity index (χ4n) is 1.44. The molecule has 0 radical (unpaired) electrons. The average molecular weight is 209 g/mol.